The van der Waals surface area contributed by atoms with Crippen molar-refractivity contribution in [1.29, 1.82) is 5.26 Å². The molecule has 0 aromatic heterocycles. The van der Waals surface area contributed by atoms with Gasteiger partial charge in [-0.1, -0.05) is 13.8 Å². The number of rotatable bonds is 9. The van der Waals surface area contributed by atoms with Crippen LogP contribution in [0.3, 0.4) is 0 Å². The first-order valence-electron chi connectivity index (χ1n) is 7.02. The molecule has 2 amide bonds. The SMILES string of the molecule is CCN(CCC#N)C(=O)NCC(CC(=O)O)CC(C)C. The molecule has 0 spiro atoms. The van der Waals surface area contributed by atoms with Gasteiger partial charge in [-0.05, 0) is 25.2 Å². The number of carboxylic acids is 1. The van der Waals surface area contributed by atoms with Crippen molar-refractivity contribution in [3.63, 3.8) is 0 Å². The third-order valence-corrected chi connectivity index (χ3v) is 2.97. The summed E-state index contributed by atoms with van der Waals surface area (Å²) < 4.78 is 0. The summed E-state index contributed by atoms with van der Waals surface area (Å²) in [5.74, 6) is -0.523. The molecule has 0 saturated heterocycles. The number of nitrogens with zero attached hydrogens (tertiary/aromatic N) is 2. The number of nitriles is 1. The van der Waals surface area contributed by atoms with Crippen LogP contribution in [0.25, 0.3) is 0 Å². The number of aliphatic carboxylic acids is 1. The smallest absolute Gasteiger partial charge is 0.317 e. The molecule has 0 aliphatic rings. The second kappa shape index (κ2) is 10.1. The van der Waals surface area contributed by atoms with E-state index in [-0.39, 0.29) is 18.4 Å². The summed E-state index contributed by atoms with van der Waals surface area (Å²) in [7, 11) is 0. The molecule has 0 aliphatic heterocycles. The van der Waals surface area contributed by atoms with Crippen LogP contribution in [0.2, 0.25) is 0 Å². The monoisotopic (exact) mass is 283 g/mol. The van der Waals surface area contributed by atoms with Crippen LogP contribution in [-0.4, -0.2) is 41.6 Å². The summed E-state index contributed by atoms with van der Waals surface area (Å²) in [6.07, 6.45) is 1.12. The Morgan fingerprint density at radius 2 is 2.05 bits per heavy atom. The highest BCUT2D eigenvalue weighted by molar-refractivity contribution is 5.74. The minimum atomic E-state index is -0.846. The molecule has 114 valence electrons. The molecule has 20 heavy (non-hydrogen) atoms. The number of carboxylic acid groups (broad SMARTS) is 1. The Bertz CT molecular complexity index is 350. The van der Waals surface area contributed by atoms with Gasteiger partial charge in [-0.2, -0.15) is 5.26 Å². The second-order valence-corrected chi connectivity index (χ2v) is 5.27. The van der Waals surface area contributed by atoms with E-state index in [1.807, 2.05) is 26.8 Å². The average Bonchev–Trinajstić information content (AvgIpc) is 2.35. The van der Waals surface area contributed by atoms with Gasteiger partial charge in [-0.3, -0.25) is 4.79 Å². The fraction of sp³-hybridized carbons (Fsp3) is 0.786. The molecular weight excluding hydrogens is 258 g/mol. The zero-order valence-corrected chi connectivity index (χ0v) is 12.6. The summed E-state index contributed by atoms with van der Waals surface area (Å²) in [4.78, 5) is 24.3. The van der Waals surface area contributed by atoms with Gasteiger partial charge < -0.3 is 15.3 Å². The average molecular weight is 283 g/mol. The molecule has 0 rings (SSSR count). The van der Waals surface area contributed by atoms with Crippen LogP contribution >= 0.6 is 0 Å². The van der Waals surface area contributed by atoms with Crippen molar-refractivity contribution in [3.8, 4) is 6.07 Å². The quantitative estimate of drug-likeness (QED) is 0.677. The van der Waals surface area contributed by atoms with Crippen LogP contribution in [-0.2, 0) is 4.79 Å². The van der Waals surface area contributed by atoms with Gasteiger partial charge in [0.05, 0.1) is 12.5 Å². The van der Waals surface area contributed by atoms with Crippen LogP contribution in [0, 0.1) is 23.2 Å². The first-order valence-corrected chi connectivity index (χ1v) is 7.02. The van der Waals surface area contributed by atoms with Crippen molar-refractivity contribution in [2.75, 3.05) is 19.6 Å². The lowest BCUT2D eigenvalue weighted by atomic mass is 9.94. The lowest BCUT2D eigenvalue weighted by Crippen LogP contribution is -2.42. The molecule has 0 heterocycles. The third-order valence-electron chi connectivity index (χ3n) is 2.97. The molecule has 0 fully saturated rings. The Kier molecular flexibility index (Phi) is 9.18. The predicted octanol–water partition coefficient (Wildman–Crippen LogP) is 2.07. The molecule has 1 atom stereocenters. The summed E-state index contributed by atoms with van der Waals surface area (Å²) in [6, 6.07) is 1.77. The highest BCUT2D eigenvalue weighted by Gasteiger charge is 2.17. The molecule has 0 radical (unpaired) electrons. The van der Waals surface area contributed by atoms with Crippen molar-refractivity contribution >= 4 is 12.0 Å². The van der Waals surface area contributed by atoms with Crippen LogP contribution in [0.1, 0.15) is 40.0 Å². The number of carbonyl (C=O) groups is 2. The number of hydrogen-bond acceptors (Lipinski definition) is 3. The van der Waals surface area contributed by atoms with Crippen molar-refractivity contribution in [2.24, 2.45) is 11.8 Å². The van der Waals surface area contributed by atoms with Crippen molar-refractivity contribution in [1.82, 2.24) is 10.2 Å². The number of amides is 2. The van der Waals surface area contributed by atoms with E-state index in [2.05, 4.69) is 5.32 Å². The minimum absolute atomic E-state index is 0.0583. The largest absolute Gasteiger partial charge is 0.481 e. The second-order valence-electron chi connectivity index (χ2n) is 5.27. The molecule has 0 aliphatic carbocycles. The molecule has 0 bridgehead atoms. The Labute approximate surface area is 120 Å². The molecule has 2 N–H and O–H groups in total. The van der Waals surface area contributed by atoms with Gasteiger partial charge in [-0.15, -0.1) is 0 Å². The zero-order chi connectivity index (χ0) is 15.5. The summed E-state index contributed by atoms with van der Waals surface area (Å²) >= 11 is 0. The van der Waals surface area contributed by atoms with Gasteiger partial charge in [-0.25, -0.2) is 4.79 Å². The van der Waals surface area contributed by atoms with E-state index < -0.39 is 5.97 Å². The zero-order valence-electron chi connectivity index (χ0n) is 12.6. The van der Waals surface area contributed by atoms with E-state index >= 15 is 0 Å². The maximum atomic E-state index is 11.9. The van der Waals surface area contributed by atoms with Crippen molar-refractivity contribution in [2.45, 2.75) is 40.0 Å². The molecule has 0 saturated carbocycles. The number of carbonyl (C=O) groups excluding carboxylic acids is 1. The van der Waals surface area contributed by atoms with Gasteiger partial charge in [0.25, 0.3) is 0 Å². The maximum Gasteiger partial charge on any atom is 0.317 e. The van der Waals surface area contributed by atoms with E-state index in [1.165, 1.54) is 0 Å². The minimum Gasteiger partial charge on any atom is -0.481 e. The highest BCUT2D eigenvalue weighted by Crippen LogP contribution is 2.14. The van der Waals surface area contributed by atoms with E-state index in [0.29, 0.717) is 32.0 Å². The summed E-state index contributed by atoms with van der Waals surface area (Å²) in [6.45, 7) is 7.18. The fourth-order valence-electron chi connectivity index (χ4n) is 2.08. The van der Waals surface area contributed by atoms with Crippen LogP contribution < -0.4 is 5.32 Å². The highest BCUT2D eigenvalue weighted by atomic mass is 16.4. The Balaban J connectivity index is 4.33. The lowest BCUT2D eigenvalue weighted by molar-refractivity contribution is -0.138. The molecular formula is C14H25N3O3. The first kappa shape index (κ1) is 18.2. The van der Waals surface area contributed by atoms with Gasteiger partial charge in [0, 0.05) is 26.1 Å². The van der Waals surface area contributed by atoms with E-state index in [4.69, 9.17) is 10.4 Å². The summed E-state index contributed by atoms with van der Waals surface area (Å²) in [5.41, 5.74) is 0. The van der Waals surface area contributed by atoms with Gasteiger partial charge >= 0.3 is 12.0 Å². The van der Waals surface area contributed by atoms with Gasteiger partial charge in [0.2, 0.25) is 0 Å². The van der Waals surface area contributed by atoms with Gasteiger partial charge in [0.1, 0.15) is 0 Å². The van der Waals surface area contributed by atoms with Crippen LogP contribution in [0.15, 0.2) is 0 Å². The van der Waals surface area contributed by atoms with E-state index in [9.17, 15) is 9.59 Å². The number of nitrogens with one attached hydrogen (secondary N) is 1. The Hall–Kier alpha value is -1.77. The maximum absolute atomic E-state index is 11.9. The first-order chi connectivity index (χ1) is 9.40. The third kappa shape index (κ3) is 8.35. The molecule has 6 heteroatoms. The summed E-state index contributed by atoms with van der Waals surface area (Å²) in [5, 5.41) is 20.2. The van der Waals surface area contributed by atoms with Crippen LogP contribution in [0.5, 0.6) is 0 Å². The van der Waals surface area contributed by atoms with Crippen LogP contribution in [0.4, 0.5) is 4.79 Å². The van der Waals surface area contributed by atoms with Crippen molar-refractivity contribution in [3.05, 3.63) is 0 Å². The Morgan fingerprint density at radius 1 is 1.40 bits per heavy atom. The number of urea groups is 1. The standard InChI is InChI=1S/C14H25N3O3/c1-4-17(7-5-6-15)14(20)16-10-12(8-11(2)3)9-13(18)19/h11-12H,4-5,7-10H2,1-3H3,(H,16,20)(H,18,19). The molecule has 0 aromatic rings. The normalized spacial score (nSPS) is 11.8. The van der Waals surface area contributed by atoms with E-state index in [0.717, 1.165) is 6.42 Å². The van der Waals surface area contributed by atoms with Crippen molar-refractivity contribution < 1.29 is 14.7 Å². The topological polar surface area (TPSA) is 93.4 Å². The molecule has 1 unspecified atom stereocenters. The van der Waals surface area contributed by atoms with E-state index in [1.54, 1.807) is 4.90 Å². The lowest BCUT2D eigenvalue weighted by Gasteiger charge is -2.23. The molecule has 6 nitrogen and oxygen atoms in total. The molecule has 0 aromatic carbocycles. The Morgan fingerprint density at radius 3 is 2.50 bits per heavy atom. The number of hydrogen-bond donors (Lipinski definition) is 2. The predicted molar refractivity (Wildman–Crippen MR) is 76.1 cm³/mol. The fourth-order valence-corrected chi connectivity index (χ4v) is 2.08. The van der Waals surface area contributed by atoms with Gasteiger partial charge in [0.15, 0.2) is 0 Å².